The SMILES string of the molecule is COC(CC(N)C1(C)CCC1)=NO. The Kier molecular flexibility index (Phi) is 3.14. The highest BCUT2D eigenvalue weighted by molar-refractivity contribution is 5.75. The van der Waals surface area contributed by atoms with E-state index in [0.29, 0.717) is 12.3 Å². The lowest BCUT2D eigenvalue weighted by Gasteiger charge is -2.43. The minimum absolute atomic E-state index is 0.0344. The van der Waals surface area contributed by atoms with Crippen molar-refractivity contribution in [2.75, 3.05) is 7.11 Å². The smallest absolute Gasteiger partial charge is 0.226 e. The van der Waals surface area contributed by atoms with Crippen molar-refractivity contribution in [1.29, 1.82) is 0 Å². The lowest BCUT2D eigenvalue weighted by atomic mass is 9.65. The zero-order valence-electron chi connectivity index (χ0n) is 8.29. The summed E-state index contributed by atoms with van der Waals surface area (Å²) >= 11 is 0. The Morgan fingerprint density at radius 3 is 2.62 bits per heavy atom. The number of rotatable bonds is 3. The van der Waals surface area contributed by atoms with Crippen LogP contribution in [0.15, 0.2) is 5.16 Å². The molecule has 76 valence electrons. The van der Waals surface area contributed by atoms with Gasteiger partial charge in [-0.2, -0.15) is 0 Å². The molecule has 0 spiro atoms. The fraction of sp³-hybridized carbons (Fsp3) is 0.889. The molecule has 1 aliphatic rings. The minimum Gasteiger partial charge on any atom is -0.482 e. The van der Waals surface area contributed by atoms with E-state index in [4.69, 9.17) is 15.7 Å². The van der Waals surface area contributed by atoms with Crippen molar-refractivity contribution in [1.82, 2.24) is 0 Å². The van der Waals surface area contributed by atoms with E-state index < -0.39 is 0 Å². The molecule has 13 heavy (non-hydrogen) atoms. The van der Waals surface area contributed by atoms with Crippen LogP contribution in [0.4, 0.5) is 0 Å². The molecule has 1 fully saturated rings. The van der Waals surface area contributed by atoms with Gasteiger partial charge in [-0.05, 0) is 18.3 Å². The summed E-state index contributed by atoms with van der Waals surface area (Å²) in [5.41, 5.74) is 6.21. The van der Waals surface area contributed by atoms with Crippen molar-refractivity contribution in [2.24, 2.45) is 16.3 Å². The van der Waals surface area contributed by atoms with Gasteiger partial charge in [-0.15, -0.1) is 0 Å². The highest BCUT2D eigenvalue weighted by Gasteiger charge is 2.38. The van der Waals surface area contributed by atoms with Crippen molar-refractivity contribution in [3.63, 3.8) is 0 Å². The minimum atomic E-state index is 0.0344. The van der Waals surface area contributed by atoms with E-state index in [1.165, 1.54) is 13.5 Å². The zero-order valence-corrected chi connectivity index (χ0v) is 8.29. The van der Waals surface area contributed by atoms with Crippen LogP contribution in [0.1, 0.15) is 32.6 Å². The third kappa shape index (κ3) is 2.12. The molecule has 3 N–H and O–H groups in total. The van der Waals surface area contributed by atoms with Crippen molar-refractivity contribution < 1.29 is 9.94 Å². The maximum Gasteiger partial charge on any atom is 0.226 e. The first-order chi connectivity index (χ1) is 6.12. The Balaban J connectivity index is 2.44. The molecule has 0 aliphatic heterocycles. The molecule has 1 unspecified atom stereocenters. The second-order valence-electron chi connectivity index (χ2n) is 4.02. The topological polar surface area (TPSA) is 67.8 Å². The van der Waals surface area contributed by atoms with Gasteiger partial charge in [0, 0.05) is 12.5 Å². The van der Waals surface area contributed by atoms with Crippen molar-refractivity contribution in [2.45, 2.75) is 38.6 Å². The van der Waals surface area contributed by atoms with Gasteiger partial charge in [-0.1, -0.05) is 18.5 Å². The Morgan fingerprint density at radius 1 is 1.69 bits per heavy atom. The van der Waals surface area contributed by atoms with Crippen LogP contribution in [0.5, 0.6) is 0 Å². The normalized spacial score (nSPS) is 23.5. The van der Waals surface area contributed by atoms with E-state index >= 15 is 0 Å². The maximum absolute atomic E-state index is 8.54. The van der Waals surface area contributed by atoms with Crippen LogP contribution < -0.4 is 5.73 Å². The lowest BCUT2D eigenvalue weighted by molar-refractivity contribution is 0.118. The van der Waals surface area contributed by atoms with E-state index in [0.717, 1.165) is 12.8 Å². The number of hydrogen-bond acceptors (Lipinski definition) is 4. The molecule has 0 radical (unpaired) electrons. The maximum atomic E-state index is 8.54. The number of ether oxygens (including phenoxy) is 1. The van der Waals surface area contributed by atoms with E-state index in [1.54, 1.807) is 0 Å². The van der Waals surface area contributed by atoms with E-state index in [-0.39, 0.29) is 11.5 Å². The van der Waals surface area contributed by atoms with E-state index in [1.807, 2.05) is 0 Å². The average molecular weight is 186 g/mol. The van der Waals surface area contributed by atoms with Crippen LogP contribution >= 0.6 is 0 Å². The molecule has 0 aromatic carbocycles. The number of oxime groups is 1. The molecular formula is C9H18N2O2. The molecule has 1 saturated carbocycles. The van der Waals surface area contributed by atoms with Crippen molar-refractivity contribution in [3.05, 3.63) is 0 Å². The van der Waals surface area contributed by atoms with Gasteiger partial charge in [0.1, 0.15) is 0 Å². The molecule has 1 aliphatic carbocycles. The second-order valence-corrected chi connectivity index (χ2v) is 4.02. The standard InChI is InChI=1S/C9H18N2O2/c1-9(4-3-5-9)7(10)6-8(11-12)13-2/h7,12H,3-6,10H2,1-2H3. The van der Waals surface area contributed by atoms with Crippen LogP contribution in [-0.4, -0.2) is 24.3 Å². The molecule has 0 aromatic heterocycles. The molecule has 0 saturated heterocycles. The number of methoxy groups -OCH3 is 1. The third-order valence-corrected chi connectivity index (χ3v) is 3.13. The first kappa shape index (κ1) is 10.3. The Bertz CT molecular complexity index is 200. The average Bonchev–Trinajstić information content (AvgIpc) is 2.09. The van der Waals surface area contributed by atoms with Crippen molar-refractivity contribution >= 4 is 5.90 Å². The number of hydrogen-bond donors (Lipinski definition) is 2. The molecule has 0 aromatic rings. The van der Waals surface area contributed by atoms with Crippen molar-refractivity contribution in [3.8, 4) is 0 Å². The molecule has 1 atom stereocenters. The first-order valence-corrected chi connectivity index (χ1v) is 4.63. The second kappa shape index (κ2) is 3.96. The summed E-state index contributed by atoms with van der Waals surface area (Å²) in [7, 11) is 1.49. The van der Waals surface area contributed by atoms with Gasteiger partial charge in [-0.25, -0.2) is 0 Å². The quantitative estimate of drug-likeness (QED) is 0.302. The van der Waals surface area contributed by atoms with Gasteiger partial charge < -0.3 is 15.7 Å². The summed E-state index contributed by atoms with van der Waals surface area (Å²) in [5, 5.41) is 11.6. The summed E-state index contributed by atoms with van der Waals surface area (Å²) in [6.45, 7) is 2.17. The van der Waals surface area contributed by atoms with Crippen LogP contribution in [0, 0.1) is 5.41 Å². The summed E-state index contributed by atoms with van der Waals surface area (Å²) in [4.78, 5) is 0. The van der Waals surface area contributed by atoms with Gasteiger partial charge in [0.25, 0.3) is 0 Å². The predicted octanol–water partition coefficient (Wildman–Crippen LogP) is 1.33. The summed E-state index contributed by atoms with van der Waals surface area (Å²) in [5.74, 6) is 0.320. The van der Waals surface area contributed by atoms with Gasteiger partial charge >= 0.3 is 0 Å². The Morgan fingerprint density at radius 2 is 2.31 bits per heavy atom. The van der Waals surface area contributed by atoms with Gasteiger partial charge in [0.15, 0.2) is 0 Å². The van der Waals surface area contributed by atoms with Crippen LogP contribution in [0.25, 0.3) is 0 Å². The Hall–Kier alpha value is -0.770. The van der Waals surface area contributed by atoms with Crippen LogP contribution in [0.2, 0.25) is 0 Å². The fourth-order valence-corrected chi connectivity index (χ4v) is 1.70. The number of nitrogens with two attached hydrogens (primary N) is 1. The zero-order chi connectivity index (χ0) is 9.90. The van der Waals surface area contributed by atoms with E-state index in [2.05, 4.69) is 12.1 Å². The molecule has 0 bridgehead atoms. The first-order valence-electron chi connectivity index (χ1n) is 4.63. The molecule has 0 amide bonds. The van der Waals surface area contributed by atoms with Crippen LogP contribution in [-0.2, 0) is 4.74 Å². The molecule has 0 heterocycles. The molecule has 4 nitrogen and oxygen atoms in total. The molecule has 4 heteroatoms. The monoisotopic (exact) mass is 186 g/mol. The third-order valence-electron chi connectivity index (χ3n) is 3.13. The number of nitrogens with zero attached hydrogens (tertiary/aromatic N) is 1. The fourth-order valence-electron chi connectivity index (χ4n) is 1.70. The van der Waals surface area contributed by atoms with Crippen LogP contribution in [0.3, 0.4) is 0 Å². The molecular weight excluding hydrogens is 168 g/mol. The Labute approximate surface area is 78.7 Å². The summed E-state index contributed by atoms with van der Waals surface area (Å²) in [6, 6.07) is 0.0344. The summed E-state index contributed by atoms with van der Waals surface area (Å²) < 4.78 is 4.85. The van der Waals surface area contributed by atoms with Gasteiger partial charge in [0.05, 0.1) is 7.11 Å². The highest BCUT2D eigenvalue weighted by Crippen LogP contribution is 2.43. The highest BCUT2D eigenvalue weighted by atomic mass is 16.5. The lowest BCUT2D eigenvalue weighted by Crippen LogP contribution is -2.45. The molecule has 1 rings (SSSR count). The van der Waals surface area contributed by atoms with Gasteiger partial charge in [-0.3, -0.25) is 0 Å². The van der Waals surface area contributed by atoms with Gasteiger partial charge in [0.2, 0.25) is 5.90 Å². The van der Waals surface area contributed by atoms with E-state index in [9.17, 15) is 0 Å². The summed E-state index contributed by atoms with van der Waals surface area (Å²) in [6.07, 6.45) is 4.10. The predicted molar refractivity (Wildman–Crippen MR) is 50.8 cm³/mol. The largest absolute Gasteiger partial charge is 0.482 e.